The van der Waals surface area contributed by atoms with Crippen molar-refractivity contribution < 1.29 is 4.79 Å². The molecule has 0 saturated carbocycles. The van der Waals surface area contributed by atoms with Gasteiger partial charge in [0.2, 0.25) is 0 Å². The molecule has 0 spiro atoms. The highest BCUT2D eigenvalue weighted by Crippen LogP contribution is 2.17. The maximum absolute atomic E-state index is 11.2. The highest BCUT2D eigenvalue weighted by Gasteiger charge is 2.07. The van der Waals surface area contributed by atoms with E-state index in [0.29, 0.717) is 12.5 Å². The summed E-state index contributed by atoms with van der Waals surface area (Å²) in [5, 5.41) is 5.78. The molecule has 0 unspecified atom stereocenters. The molecule has 1 heterocycles. The lowest BCUT2D eigenvalue weighted by Gasteiger charge is -2.10. The van der Waals surface area contributed by atoms with Crippen molar-refractivity contribution in [2.45, 2.75) is 26.3 Å². The minimum absolute atomic E-state index is 0.0868. The van der Waals surface area contributed by atoms with Crippen molar-refractivity contribution in [2.75, 3.05) is 14.1 Å². The molecule has 0 aromatic carbocycles. The predicted molar refractivity (Wildman–Crippen MR) is 62.1 cm³/mol. The summed E-state index contributed by atoms with van der Waals surface area (Å²) in [5.74, 6) is 0.444. The number of thiazole rings is 1. The molecule has 0 aliphatic carbocycles. The fourth-order valence-corrected chi connectivity index (χ4v) is 1.88. The van der Waals surface area contributed by atoms with E-state index in [0.717, 1.165) is 10.7 Å². The average molecular weight is 227 g/mol. The van der Waals surface area contributed by atoms with Crippen LogP contribution in [0.2, 0.25) is 0 Å². The molecular formula is C10H17N3OS. The second kappa shape index (κ2) is 5.11. The molecule has 1 rings (SSSR count). The Labute approximate surface area is 94.3 Å². The van der Waals surface area contributed by atoms with Crippen LogP contribution in [0, 0.1) is 0 Å². The molecular weight excluding hydrogens is 210 g/mol. The summed E-state index contributed by atoms with van der Waals surface area (Å²) < 4.78 is 0. The average Bonchev–Trinajstić information content (AvgIpc) is 2.62. The van der Waals surface area contributed by atoms with Crippen molar-refractivity contribution in [1.82, 2.24) is 15.2 Å². The number of carbonyl (C=O) groups is 1. The van der Waals surface area contributed by atoms with Crippen molar-refractivity contribution in [3.63, 3.8) is 0 Å². The van der Waals surface area contributed by atoms with E-state index in [1.54, 1.807) is 25.4 Å². The number of hydrogen-bond donors (Lipinski definition) is 1. The molecule has 0 aliphatic heterocycles. The third-order valence-corrected chi connectivity index (χ3v) is 2.83. The topological polar surface area (TPSA) is 45.2 Å². The Hall–Kier alpha value is -1.10. The Morgan fingerprint density at radius 2 is 2.27 bits per heavy atom. The van der Waals surface area contributed by atoms with Gasteiger partial charge in [0.15, 0.2) is 0 Å². The molecule has 15 heavy (non-hydrogen) atoms. The van der Waals surface area contributed by atoms with Crippen molar-refractivity contribution in [1.29, 1.82) is 0 Å². The van der Waals surface area contributed by atoms with Gasteiger partial charge in [-0.25, -0.2) is 9.78 Å². The Balaban J connectivity index is 2.48. The zero-order valence-electron chi connectivity index (χ0n) is 9.57. The van der Waals surface area contributed by atoms with Crippen LogP contribution in [-0.2, 0) is 6.54 Å². The van der Waals surface area contributed by atoms with Gasteiger partial charge in [-0.05, 0) is 5.92 Å². The molecule has 84 valence electrons. The quantitative estimate of drug-likeness (QED) is 0.859. The van der Waals surface area contributed by atoms with Gasteiger partial charge >= 0.3 is 6.03 Å². The van der Waals surface area contributed by atoms with Crippen molar-refractivity contribution in [2.24, 2.45) is 0 Å². The van der Waals surface area contributed by atoms with Crippen LogP contribution in [0.15, 0.2) is 5.38 Å². The summed E-state index contributed by atoms with van der Waals surface area (Å²) >= 11 is 1.59. The lowest BCUT2D eigenvalue weighted by molar-refractivity contribution is 0.217. The molecule has 0 radical (unpaired) electrons. The molecule has 1 aromatic rings. The van der Waals surface area contributed by atoms with Gasteiger partial charge in [0.1, 0.15) is 5.01 Å². The number of aromatic nitrogens is 1. The smallest absolute Gasteiger partial charge is 0.317 e. The fourth-order valence-electron chi connectivity index (χ4n) is 0.981. The Kier molecular flexibility index (Phi) is 4.08. The fraction of sp³-hybridized carbons (Fsp3) is 0.600. The molecule has 1 N–H and O–H groups in total. The first-order valence-corrected chi connectivity index (χ1v) is 5.78. The molecule has 2 amide bonds. The van der Waals surface area contributed by atoms with Gasteiger partial charge < -0.3 is 10.2 Å². The summed E-state index contributed by atoms with van der Waals surface area (Å²) in [7, 11) is 3.44. The second-order valence-corrected chi connectivity index (χ2v) is 4.82. The van der Waals surface area contributed by atoms with E-state index in [1.807, 2.05) is 5.38 Å². The molecule has 5 heteroatoms. The van der Waals surface area contributed by atoms with Crippen LogP contribution in [0.1, 0.15) is 30.5 Å². The van der Waals surface area contributed by atoms with Crippen molar-refractivity contribution in [3.8, 4) is 0 Å². The Morgan fingerprint density at radius 3 is 2.73 bits per heavy atom. The van der Waals surface area contributed by atoms with Gasteiger partial charge in [0.25, 0.3) is 0 Å². The Morgan fingerprint density at radius 1 is 1.60 bits per heavy atom. The van der Waals surface area contributed by atoms with E-state index in [9.17, 15) is 4.79 Å². The molecule has 0 bridgehead atoms. The van der Waals surface area contributed by atoms with Gasteiger partial charge in [-0.2, -0.15) is 0 Å². The lowest BCUT2D eigenvalue weighted by Crippen LogP contribution is -2.33. The first kappa shape index (κ1) is 12.0. The normalized spacial score (nSPS) is 10.5. The Bertz CT molecular complexity index is 333. The number of rotatable bonds is 3. The third-order valence-electron chi connectivity index (χ3n) is 1.96. The maximum atomic E-state index is 11.2. The first-order chi connectivity index (χ1) is 7.00. The van der Waals surface area contributed by atoms with Crippen molar-refractivity contribution in [3.05, 3.63) is 16.1 Å². The van der Waals surface area contributed by atoms with E-state index in [-0.39, 0.29) is 6.03 Å². The highest BCUT2D eigenvalue weighted by atomic mass is 32.1. The molecule has 0 aliphatic rings. The van der Waals surface area contributed by atoms with Crippen LogP contribution < -0.4 is 5.32 Å². The van der Waals surface area contributed by atoms with Gasteiger partial charge in [-0.1, -0.05) is 13.8 Å². The van der Waals surface area contributed by atoms with Gasteiger partial charge in [0.05, 0.1) is 12.2 Å². The number of nitrogens with zero attached hydrogens (tertiary/aromatic N) is 2. The third kappa shape index (κ3) is 3.51. The van der Waals surface area contributed by atoms with Crippen LogP contribution in [0.5, 0.6) is 0 Å². The summed E-state index contributed by atoms with van der Waals surface area (Å²) in [6.07, 6.45) is 0. The molecule has 0 atom stereocenters. The molecule has 0 saturated heterocycles. The van der Waals surface area contributed by atoms with Crippen LogP contribution in [-0.4, -0.2) is 30.0 Å². The summed E-state index contributed by atoms with van der Waals surface area (Å²) in [6, 6.07) is -0.0868. The van der Waals surface area contributed by atoms with Crippen LogP contribution in [0.4, 0.5) is 4.79 Å². The summed E-state index contributed by atoms with van der Waals surface area (Å²) in [4.78, 5) is 17.2. The van der Waals surface area contributed by atoms with E-state index in [2.05, 4.69) is 24.1 Å². The first-order valence-electron chi connectivity index (χ1n) is 4.90. The minimum Gasteiger partial charge on any atom is -0.331 e. The zero-order chi connectivity index (χ0) is 11.4. The molecule has 4 nitrogen and oxygen atoms in total. The molecule has 1 aromatic heterocycles. The summed E-state index contributed by atoms with van der Waals surface area (Å²) in [6.45, 7) is 4.73. The standard InChI is InChI=1S/C10H17N3OS/c1-7(2)8-6-15-9(12-8)5-11-10(14)13(3)4/h6-7H,5H2,1-4H3,(H,11,14). The number of hydrogen-bond acceptors (Lipinski definition) is 3. The number of carbonyl (C=O) groups excluding carboxylic acids is 1. The number of amides is 2. The van der Waals surface area contributed by atoms with Gasteiger partial charge in [-0.3, -0.25) is 0 Å². The lowest BCUT2D eigenvalue weighted by atomic mass is 10.2. The molecule has 0 fully saturated rings. The van der Waals surface area contributed by atoms with Gasteiger partial charge in [0, 0.05) is 19.5 Å². The van der Waals surface area contributed by atoms with Gasteiger partial charge in [-0.15, -0.1) is 11.3 Å². The monoisotopic (exact) mass is 227 g/mol. The zero-order valence-corrected chi connectivity index (χ0v) is 10.4. The highest BCUT2D eigenvalue weighted by molar-refractivity contribution is 7.09. The van der Waals surface area contributed by atoms with E-state index in [1.165, 1.54) is 4.90 Å². The minimum atomic E-state index is -0.0868. The van der Waals surface area contributed by atoms with Crippen molar-refractivity contribution >= 4 is 17.4 Å². The van der Waals surface area contributed by atoms with E-state index in [4.69, 9.17) is 0 Å². The van der Waals surface area contributed by atoms with E-state index >= 15 is 0 Å². The van der Waals surface area contributed by atoms with E-state index < -0.39 is 0 Å². The predicted octanol–water partition coefficient (Wildman–Crippen LogP) is 2.04. The summed E-state index contributed by atoms with van der Waals surface area (Å²) in [5.41, 5.74) is 1.09. The maximum Gasteiger partial charge on any atom is 0.317 e. The van der Waals surface area contributed by atoms with Crippen LogP contribution in [0.25, 0.3) is 0 Å². The number of nitrogens with one attached hydrogen (secondary N) is 1. The SMILES string of the molecule is CC(C)c1csc(CNC(=O)N(C)C)n1. The number of urea groups is 1. The van der Waals surface area contributed by atoms with Crippen LogP contribution >= 0.6 is 11.3 Å². The second-order valence-electron chi connectivity index (χ2n) is 3.87. The largest absolute Gasteiger partial charge is 0.331 e. The van der Waals surface area contributed by atoms with Crippen LogP contribution in [0.3, 0.4) is 0 Å².